The molecule has 2 aromatic rings. The molecule has 3 rings (SSSR count). The number of aromatic amines is 1. The molecule has 0 unspecified atom stereocenters. The minimum atomic E-state index is 0.230. The fourth-order valence-electron chi connectivity index (χ4n) is 2.68. The first-order chi connectivity index (χ1) is 8.72. The number of ether oxygens (including phenoxy) is 1. The highest BCUT2D eigenvalue weighted by Gasteiger charge is 2.29. The summed E-state index contributed by atoms with van der Waals surface area (Å²) in [4.78, 5) is 15.7. The molecular weight excluding hydrogens is 226 g/mol. The van der Waals surface area contributed by atoms with Gasteiger partial charge in [0.2, 0.25) is 0 Å². The van der Waals surface area contributed by atoms with E-state index in [-0.39, 0.29) is 5.92 Å². The Morgan fingerprint density at radius 1 is 1.39 bits per heavy atom. The molecule has 1 aromatic heterocycles. The van der Waals surface area contributed by atoms with Crippen molar-refractivity contribution in [2.24, 2.45) is 5.92 Å². The van der Waals surface area contributed by atoms with Crippen molar-refractivity contribution in [3.63, 3.8) is 0 Å². The number of rotatable bonds is 3. The summed E-state index contributed by atoms with van der Waals surface area (Å²) in [6.07, 6.45) is 3.25. The Morgan fingerprint density at radius 2 is 2.17 bits per heavy atom. The molecule has 1 aromatic carbocycles. The van der Waals surface area contributed by atoms with Crippen LogP contribution in [-0.4, -0.2) is 17.9 Å². The van der Waals surface area contributed by atoms with E-state index in [1.165, 1.54) is 6.42 Å². The van der Waals surface area contributed by atoms with Crippen LogP contribution in [0.4, 0.5) is 0 Å². The maximum atomic E-state index is 12.5. The fourth-order valence-corrected chi connectivity index (χ4v) is 2.68. The number of H-pyrrole nitrogens is 1. The van der Waals surface area contributed by atoms with Gasteiger partial charge in [0.25, 0.3) is 0 Å². The van der Waals surface area contributed by atoms with Gasteiger partial charge in [-0.25, -0.2) is 0 Å². The molecular formula is C15H17NO2. The molecule has 0 amide bonds. The number of aryl methyl sites for hydroxylation is 1. The van der Waals surface area contributed by atoms with Crippen LogP contribution in [0.5, 0.6) is 5.75 Å². The van der Waals surface area contributed by atoms with Crippen LogP contribution in [0.25, 0.3) is 10.9 Å². The van der Waals surface area contributed by atoms with Crippen molar-refractivity contribution >= 4 is 16.7 Å². The standard InChI is InChI=1S/C15H17NO2/c1-9-13(15(17)10-5-3-6-10)11-7-4-8-12(18-2)14(11)16-9/h4,7-8,10,16H,3,5-6H2,1-2H3. The lowest BCUT2D eigenvalue weighted by Gasteiger charge is -2.23. The predicted molar refractivity (Wildman–Crippen MR) is 71.3 cm³/mol. The molecule has 0 saturated heterocycles. The van der Waals surface area contributed by atoms with E-state index < -0.39 is 0 Å². The van der Waals surface area contributed by atoms with E-state index in [1.54, 1.807) is 7.11 Å². The van der Waals surface area contributed by atoms with Gasteiger partial charge in [-0.15, -0.1) is 0 Å². The second-order valence-corrected chi connectivity index (χ2v) is 5.00. The molecule has 3 nitrogen and oxygen atoms in total. The first-order valence-electron chi connectivity index (χ1n) is 6.42. The number of hydrogen-bond acceptors (Lipinski definition) is 2. The van der Waals surface area contributed by atoms with Gasteiger partial charge in [0, 0.05) is 22.6 Å². The minimum Gasteiger partial charge on any atom is -0.495 e. The topological polar surface area (TPSA) is 42.1 Å². The summed E-state index contributed by atoms with van der Waals surface area (Å²) in [5.74, 6) is 1.32. The van der Waals surface area contributed by atoms with Crippen LogP contribution in [-0.2, 0) is 0 Å². The lowest BCUT2D eigenvalue weighted by molar-refractivity contribution is 0.0856. The maximum absolute atomic E-state index is 12.5. The second-order valence-electron chi connectivity index (χ2n) is 5.00. The van der Waals surface area contributed by atoms with E-state index in [1.807, 2.05) is 25.1 Å². The van der Waals surface area contributed by atoms with Crippen molar-refractivity contribution in [2.75, 3.05) is 7.11 Å². The lowest BCUT2D eigenvalue weighted by Crippen LogP contribution is -2.22. The number of benzene rings is 1. The van der Waals surface area contributed by atoms with Crippen LogP contribution >= 0.6 is 0 Å². The van der Waals surface area contributed by atoms with Gasteiger partial charge < -0.3 is 9.72 Å². The summed E-state index contributed by atoms with van der Waals surface area (Å²) < 4.78 is 5.33. The van der Waals surface area contributed by atoms with Crippen molar-refractivity contribution < 1.29 is 9.53 Å². The summed E-state index contributed by atoms with van der Waals surface area (Å²) in [6.45, 7) is 1.96. The zero-order valence-corrected chi connectivity index (χ0v) is 10.7. The van der Waals surface area contributed by atoms with Crippen LogP contribution in [0.1, 0.15) is 35.3 Å². The predicted octanol–water partition coefficient (Wildman–Crippen LogP) is 3.47. The summed E-state index contributed by atoms with van der Waals surface area (Å²) in [7, 11) is 1.65. The summed E-state index contributed by atoms with van der Waals surface area (Å²) in [5.41, 5.74) is 2.74. The Labute approximate surface area is 106 Å². The van der Waals surface area contributed by atoms with Gasteiger partial charge in [0.15, 0.2) is 5.78 Å². The van der Waals surface area contributed by atoms with Crippen molar-refractivity contribution in [3.05, 3.63) is 29.5 Å². The molecule has 0 atom stereocenters. The number of carbonyl (C=O) groups excluding carboxylic acids is 1. The molecule has 1 heterocycles. The number of fused-ring (bicyclic) bond motifs is 1. The summed E-state index contributed by atoms with van der Waals surface area (Å²) in [5, 5.41) is 0.990. The van der Waals surface area contributed by atoms with Crippen molar-refractivity contribution in [3.8, 4) is 5.75 Å². The number of Topliss-reactive ketones (excluding diaryl/α,β-unsaturated/α-hetero) is 1. The molecule has 1 saturated carbocycles. The third kappa shape index (κ3) is 1.54. The van der Waals surface area contributed by atoms with Gasteiger partial charge >= 0.3 is 0 Å². The highest BCUT2D eigenvalue weighted by Crippen LogP contribution is 2.35. The number of hydrogen-bond donors (Lipinski definition) is 1. The van der Waals surface area contributed by atoms with E-state index >= 15 is 0 Å². The molecule has 1 fully saturated rings. The molecule has 94 valence electrons. The van der Waals surface area contributed by atoms with Crippen molar-refractivity contribution in [1.82, 2.24) is 4.98 Å². The Hall–Kier alpha value is -1.77. The summed E-state index contributed by atoms with van der Waals surface area (Å²) >= 11 is 0. The number of methoxy groups -OCH3 is 1. The van der Waals surface area contributed by atoms with Gasteiger partial charge in [-0.1, -0.05) is 18.6 Å². The van der Waals surface area contributed by atoms with Crippen LogP contribution in [0.2, 0.25) is 0 Å². The summed E-state index contributed by atoms with van der Waals surface area (Å²) in [6, 6.07) is 5.84. The zero-order chi connectivity index (χ0) is 12.7. The third-order valence-corrected chi connectivity index (χ3v) is 3.93. The molecule has 0 bridgehead atoms. The molecule has 18 heavy (non-hydrogen) atoms. The highest BCUT2D eigenvalue weighted by atomic mass is 16.5. The van der Waals surface area contributed by atoms with Gasteiger partial charge in [-0.3, -0.25) is 4.79 Å². The zero-order valence-electron chi connectivity index (χ0n) is 10.7. The lowest BCUT2D eigenvalue weighted by atomic mass is 9.79. The van der Waals surface area contributed by atoms with Crippen LogP contribution in [0.15, 0.2) is 18.2 Å². The Morgan fingerprint density at radius 3 is 2.78 bits per heavy atom. The average molecular weight is 243 g/mol. The maximum Gasteiger partial charge on any atom is 0.168 e. The van der Waals surface area contributed by atoms with Crippen molar-refractivity contribution in [2.45, 2.75) is 26.2 Å². The van der Waals surface area contributed by atoms with Crippen LogP contribution in [0.3, 0.4) is 0 Å². The first-order valence-corrected chi connectivity index (χ1v) is 6.42. The molecule has 1 aliphatic rings. The molecule has 0 aliphatic heterocycles. The van der Waals surface area contributed by atoms with Gasteiger partial charge in [0.1, 0.15) is 5.75 Å². The van der Waals surface area contributed by atoms with Gasteiger partial charge in [0.05, 0.1) is 12.6 Å². The van der Waals surface area contributed by atoms with E-state index in [4.69, 9.17) is 4.74 Å². The second kappa shape index (κ2) is 4.16. The number of ketones is 1. The molecule has 0 radical (unpaired) electrons. The smallest absolute Gasteiger partial charge is 0.168 e. The minimum absolute atomic E-state index is 0.230. The Bertz CT molecular complexity index is 608. The van der Waals surface area contributed by atoms with Gasteiger partial charge in [-0.05, 0) is 25.8 Å². The number of carbonyl (C=O) groups is 1. The monoisotopic (exact) mass is 243 g/mol. The number of nitrogens with one attached hydrogen (secondary N) is 1. The van der Waals surface area contributed by atoms with Gasteiger partial charge in [-0.2, -0.15) is 0 Å². The molecule has 3 heteroatoms. The quantitative estimate of drug-likeness (QED) is 0.839. The van der Waals surface area contributed by atoms with Crippen LogP contribution < -0.4 is 4.74 Å². The normalized spacial score (nSPS) is 15.7. The molecule has 0 spiro atoms. The Balaban J connectivity index is 2.16. The first kappa shape index (κ1) is 11.3. The SMILES string of the molecule is COc1cccc2c(C(=O)C3CCC3)c(C)[nH]c12. The van der Waals surface area contributed by atoms with E-state index in [2.05, 4.69) is 4.98 Å². The Kier molecular flexibility index (Phi) is 2.62. The van der Waals surface area contributed by atoms with E-state index in [0.717, 1.165) is 40.8 Å². The third-order valence-electron chi connectivity index (χ3n) is 3.93. The van der Waals surface area contributed by atoms with E-state index in [0.29, 0.717) is 5.78 Å². The number of para-hydroxylation sites is 1. The van der Waals surface area contributed by atoms with Crippen LogP contribution in [0, 0.1) is 12.8 Å². The molecule has 1 aliphatic carbocycles. The molecule has 1 N–H and O–H groups in total. The van der Waals surface area contributed by atoms with E-state index in [9.17, 15) is 4.79 Å². The number of aromatic nitrogens is 1. The highest BCUT2D eigenvalue weighted by molar-refractivity contribution is 6.11. The van der Waals surface area contributed by atoms with Crippen molar-refractivity contribution in [1.29, 1.82) is 0 Å². The largest absolute Gasteiger partial charge is 0.495 e. The average Bonchev–Trinajstić information content (AvgIpc) is 2.62. The fraction of sp³-hybridized carbons (Fsp3) is 0.400.